The molecule has 0 radical (unpaired) electrons. The van der Waals surface area contributed by atoms with Crippen molar-refractivity contribution in [3.63, 3.8) is 0 Å². The third-order valence-electron chi connectivity index (χ3n) is 7.71. The maximum atomic E-state index is 13.8. The second-order valence-corrected chi connectivity index (χ2v) is 10.7. The molecule has 8 heteroatoms. The van der Waals surface area contributed by atoms with Crippen LogP contribution in [0.5, 0.6) is 5.75 Å². The highest BCUT2D eigenvalue weighted by Gasteiger charge is 2.34. The first-order valence-electron chi connectivity index (χ1n) is 12.5. The summed E-state index contributed by atoms with van der Waals surface area (Å²) in [7, 11) is 0. The summed E-state index contributed by atoms with van der Waals surface area (Å²) in [5, 5.41) is 8.94. The number of rotatable bonds is 3. The Morgan fingerprint density at radius 3 is 2.54 bits per heavy atom. The lowest BCUT2D eigenvalue weighted by molar-refractivity contribution is -0.138. The molecule has 6 rings (SSSR count). The van der Waals surface area contributed by atoms with Crippen molar-refractivity contribution in [3.8, 4) is 22.7 Å². The molecule has 0 spiro atoms. The van der Waals surface area contributed by atoms with E-state index in [1.807, 2.05) is 31.3 Å². The molecule has 2 aliphatic heterocycles. The first-order valence-corrected chi connectivity index (χ1v) is 13.4. The molecule has 35 heavy (non-hydrogen) atoms. The molecule has 2 aromatic heterocycles. The smallest absolute Gasteiger partial charge is 0.274 e. The molecule has 2 amide bonds. The standard InChI is InChI=1S/C27H30N4O3S/c1-17-13-21-23(14-18(17)2)34-15-22-24(28-31(25(21)22)20-7-12-35-16-20)27(33)30-9-4-8-29(10-11-30)26(32)19-5-3-6-19/h7,12-14,16,19H,3-6,8-11,15H2,1-2H3. The summed E-state index contributed by atoms with van der Waals surface area (Å²) in [6.07, 6.45) is 3.95. The van der Waals surface area contributed by atoms with Crippen LogP contribution in [0.4, 0.5) is 0 Å². The predicted molar refractivity (Wildman–Crippen MR) is 135 cm³/mol. The van der Waals surface area contributed by atoms with Gasteiger partial charge in [-0.05, 0) is 67.8 Å². The van der Waals surface area contributed by atoms with E-state index in [9.17, 15) is 9.59 Å². The first-order chi connectivity index (χ1) is 17.0. The minimum Gasteiger partial charge on any atom is -0.488 e. The van der Waals surface area contributed by atoms with Crippen molar-refractivity contribution in [2.75, 3.05) is 26.2 Å². The Labute approximate surface area is 209 Å². The van der Waals surface area contributed by atoms with Gasteiger partial charge in [-0.3, -0.25) is 9.59 Å². The van der Waals surface area contributed by atoms with Crippen molar-refractivity contribution >= 4 is 23.2 Å². The van der Waals surface area contributed by atoms with E-state index in [0.29, 0.717) is 31.9 Å². The Morgan fingerprint density at radius 2 is 1.80 bits per heavy atom. The monoisotopic (exact) mass is 490 g/mol. The fourth-order valence-corrected chi connectivity index (χ4v) is 5.86. The van der Waals surface area contributed by atoms with E-state index < -0.39 is 0 Å². The van der Waals surface area contributed by atoms with E-state index in [1.54, 1.807) is 11.3 Å². The third kappa shape index (κ3) is 3.84. The number of thiophene rings is 1. The number of hydrogen-bond acceptors (Lipinski definition) is 5. The molecule has 0 bridgehead atoms. The van der Waals surface area contributed by atoms with Crippen LogP contribution >= 0.6 is 11.3 Å². The number of ether oxygens (including phenoxy) is 1. The van der Waals surface area contributed by atoms with E-state index in [1.165, 1.54) is 11.1 Å². The molecule has 3 aromatic rings. The van der Waals surface area contributed by atoms with Crippen LogP contribution in [0.3, 0.4) is 0 Å². The number of aromatic nitrogens is 2. The largest absolute Gasteiger partial charge is 0.488 e. The van der Waals surface area contributed by atoms with Crippen molar-refractivity contribution in [2.45, 2.75) is 46.1 Å². The number of nitrogens with zero attached hydrogens (tertiary/aromatic N) is 4. The maximum absolute atomic E-state index is 13.8. The van der Waals surface area contributed by atoms with E-state index in [-0.39, 0.29) is 17.7 Å². The van der Waals surface area contributed by atoms with Crippen LogP contribution in [0, 0.1) is 19.8 Å². The number of aryl methyl sites for hydroxylation is 2. The third-order valence-corrected chi connectivity index (χ3v) is 8.38. The maximum Gasteiger partial charge on any atom is 0.274 e. The van der Waals surface area contributed by atoms with Crippen LogP contribution in [0.25, 0.3) is 16.9 Å². The zero-order valence-electron chi connectivity index (χ0n) is 20.2. The Morgan fingerprint density at radius 1 is 1.03 bits per heavy atom. The molecule has 3 aliphatic rings. The quantitative estimate of drug-likeness (QED) is 0.539. The van der Waals surface area contributed by atoms with Crippen molar-refractivity contribution in [2.24, 2.45) is 5.92 Å². The van der Waals surface area contributed by atoms with E-state index in [4.69, 9.17) is 9.84 Å². The van der Waals surface area contributed by atoms with Gasteiger partial charge in [0.2, 0.25) is 5.91 Å². The van der Waals surface area contributed by atoms with Crippen LogP contribution in [-0.4, -0.2) is 57.6 Å². The van der Waals surface area contributed by atoms with Gasteiger partial charge >= 0.3 is 0 Å². The lowest BCUT2D eigenvalue weighted by Crippen LogP contribution is -2.41. The Bertz CT molecular complexity index is 1290. The summed E-state index contributed by atoms with van der Waals surface area (Å²) in [6.45, 7) is 6.96. The number of carbonyl (C=O) groups excluding carboxylic acids is 2. The molecule has 1 aromatic carbocycles. The van der Waals surface area contributed by atoms with Crippen molar-refractivity contribution in [1.29, 1.82) is 0 Å². The number of benzene rings is 1. The second kappa shape index (κ2) is 8.82. The van der Waals surface area contributed by atoms with E-state index in [0.717, 1.165) is 60.5 Å². The average molecular weight is 491 g/mol. The van der Waals surface area contributed by atoms with Crippen molar-refractivity contribution < 1.29 is 14.3 Å². The number of carbonyl (C=O) groups is 2. The molecule has 0 unspecified atom stereocenters. The SMILES string of the molecule is Cc1cc2c(cc1C)-c1c(c(C(=O)N3CCCN(C(=O)C4CCC4)CC3)nn1-c1ccsc1)CO2. The molecule has 4 heterocycles. The van der Waals surface area contributed by atoms with Gasteiger partial charge in [0, 0.05) is 48.6 Å². The minimum absolute atomic E-state index is 0.0796. The number of hydrogen-bond donors (Lipinski definition) is 0. The normalized spacial score (nSPS) is 17.8. The van der Waals surface area contributed by atoms with E-state index in [2.05, 4.69) is 26.0 Å². The summed E-state index contributed by atoms with van der Waals surface area (Å²) in [4.78, 5) is 30.4. The Hall–Kier alpha value is -3.13. The van der Waals surface area contributed by atoms with Crippen LogP contribution in [0.1, 0.15) is 52.9 Å². The molecule has 2 fully saturated rings. The minimum atomic E-state index is -0.0796. The summed E-state index contributed by atoms with van der Waals surface area (Å²) in [5.74, 6) is 1.20. The van der Waals surface area contributed by atoms with Gasteiger partial charge in [-0.25, -0.2) is 4.68 Å². The highest BCUT2D eigenvalue weighted by atomic mass is 32.1. The lowest BCUT2D eigenvalue weighted by atomic mass is 9.84. The number of fused-ring (bicyclic) bond motifs is 3. The summed E-state index contributed by atoms with van der Waals surface area (Å²) in [6, 6.07) is 6.23. The molecule has 0 atom stereocenters. The zero-order chi connectivity index (χ0) is 24.1. The van der Waals surface area contributed by atoms with Crippen LogP contribution in [-0.2, 0) is 11.4 Å². The van der Waals surface area contributed by atoms with Gasteiger partial charge in [0.15, 0.2) is 5.69 Å². The fourth-order valence-electron chi connectivity index (χ4n) is 5.25. The highest BCUT2D eigenvalue weighted by molar-refractivity contribution is 7.08. The molecule has 7 nitrogen and oxygen atoms in total. The van der Waals surface area contributed by atoms with Gasteiger partial charge in [0.25, 0.3) is 5.91 Å². The first kappa shape index (κ1) is 22.3. The van der Waals surface area contributed by atoms with Gasteiger partial charge < -0.3 is 14.5 Å². The van der Waals surface area contributed by atoms with Gasteiger partial charge in [-0.1, -0.05) is 6.42 Å². The predicted octanol–water partition coefficient (Wildman–Crippen LogP) is 4.58. The molecular weight excluding hydrogens is 460 g/mol. The highest BCUT2D eigenvalue weighted by Crippen LogP contribution is 2.42. The van der Waals surface area contributed by atoms with Crippen molar-refractivity contribution in [3.05, 3.63) is 51.3 Å². The molecule has 1 saturated heterocycles. The Kier molecular flexibility index (Phi) is 5.63. The van der Waals surface area contributed by atoms with Gasteiger partial charge in [0.05, 0.1) is 11.4 Å². The molecule has 1 saturated carbocycles. The zero-order valence-corrected chi connectivity index (χ0v) is 21.1. The topological polar surface area (TPSA) is 67.7 Å². The fraction of sp³-hybridized carbons (Fsp3) is 0.444. The molecule has 0 N–H and O–H groups in total. The van der Waals surface area contributed by atoms with Gasteiger partial charge in [-0.15, -0.1) is 0 Å². The summed E-state index contributed by atoms with van der Waals surface area (Å²) in [5.41, 5.74) is 6.50. The average Bonchev–Trinajstić information content (AvgIpc) is 3.40. The molecule has 182 valence electrons. The lowest BCUT2D eigenvalue weighted by Gasteiger charge is -2.31. The Balaban J connectivity index is 1.34. The van der Waals surface area contributed by atoms with Crippen LogP contribution in [0.2, 0.25) is 0 Å². The van der Waals surface area contributed by atoms with Crippen LogP contribution < -0.4 is 4.74 Å². The molecular formula is C27H30N4O3S. The second-order valence-electron chi connectivity index (χ2n) is 9.89. The van der Waals surface area contributed by atoms with Crippen LogP contribution in [0.15, 0.2) is 29.0 Å². The summed E-state index contributed by atoms with van der Waals surface area (Å²) < 4.78 is 8.04. The van der Waals surface area contributed by atoms with Gasteiger partial charge in [-0.2, -0.15) is 16.4 Å². The van der Waals surface area contributed by atoms with E-state index >= 15 is 0 Å². The van der Waals surface area contributed by atoms with Gasteiger partial charge in [0.1, 0.15) is 12.4 Å². The van der Waals surface area contributed by atoms with Crippen molar-refractivity contribution in [1.82, 2.24) is 19.6 Å². The summed E-state index contributed by atoms with van der Waals surface area (Å²) >= 11 is 1.61. The number of amides is 2. The molecule has 1 aliphatic carbocycles.